The van der Waals surface area contributed by atoms with E-state index in [2.05, 4.69) is 10.3 Å². The van der Waals surface area contributed by atoms with Crippen molar-refractivity contribution in [1.29, 1.82) is 0 Å². The van der Waals surface area contributed by atoms with Gasteiger partial charge in [0, 0.05) is 19.4 Å². The Morgan fingerprint density at radius 2 is 1.82 bits per heavy atom. The van der Waals surface area contributed by atoms with E-state index in [0.717, 1.165) is 21.9 Å². The fourth-order valence-corrected chi connectivity index (χ4v) is 3.44. The van der Waals surface area contributed by atoms with Crippen molar-refractivity contribution in [1.82, 2.24) is 14.9 Å². The number of nitrogens with one attached hydrogen (secondary N) is 1. The zero-order chi connectivity index (χ0) is 19.5. The molecule has 28 heavy (non-hydrogen) atoms. The molecule has 1 amide bonds. The van der Waals surface area contributed by atoms with Crippen LogP contribution in [0.1, 0.15) is 23.0 Å². The lowest BCUT2D eigenvalue weighted by atomic mass is 10.0. The fraction of sp³-hybridized carbons (Fsp3) is 0.130. The van der Waals surface area contributed by atoms with Gasteiger partial charge in [-0.25, -0.2) is 9.37 Å². The minimum absolute atomic E-state index is 0.117. The van der Waals surface area contributed by atoms with Crippen molar-refractivity contribution in [2.24, 2.45) is 7.05 Å². The number of hydrogen-bond donors (Lipinski definition) is 1. The molecular formula is C23H20FN3O. The lowest BCUT2D eigenvalue weighted by Gasteiger charge is -2.19. The van der Waals surface area contributed by atoms with Crippen LogP contribution in [-0.2, 0) is 18.3 Å². The standard InChI is InChI=1S/C23H20FN3O/c1-27-14-13-25-23(27)22(17-9-11-19(24)12-10-17)26-21(28)15-18-7-4-6-16-5-2-3-8-20(16)18/h2-14,22H,15H2,1H3,(H,26,28). The summed E-state index contributed by atoms with van der Waals surface area (Å²) in [4.78, 5) is 17.3. The number of carbonyl (C=O) groups excluding carboxylic acids is 1. The number of rotatable bonds is 5. The third kappa shape index (κ3) is 3.64. The first-order valence-corrected chi connectivity index (χ1v) is 9.10. The van der Waals surface area contributed by atoms with Crippen molar-refractivity contribution in [3.63, 3.8) is 0 Å². The van der Waals surface area contributed by atoms with E-state index in [1.54, 1.807) is 18.3 Å². The monoisotopic (exact) mass is 373 g/mol. The number of nitrogens with zero attached hydrogens (tertiary/aromatic N) is 2. The van der Waals surface area contributed by atoms with Gasteiger partial charge in [-0.15, -0.1) is 0 Å². The fourth-order valence-electron chi connectivity index (χ4n) is 3.44. The Bertz CT molecular complexity index is 1110. The second kappa shape index (κ2) is 7.64. The van der Waals surface area contributed by atoms with E-state index in [0.29, 0.717) is 5.82 Å². The molecule has 0 bridgehead atoms. The number of benzene rings is 3. The number of aryl methyl sites for hydroxylation is 1. The molecule has 4 nitrogen and oxygen atoms in total. The summed E-state index contributed by atoms with van der Waals surface area (Å²) < 4.78 is 15.2. The summed E-state index contributed by atoms with van der Waals surface area (Å²) in [5.74, 6) is 0.260. The molecule has 1 aromatic heterocycles. The topological polar surface area (TPSA) is 46.9 Å². The number of aromatic nitrogens is 2. The SMILES string of the molecule is Cn1ccnc1C(NC(=O)Cc1cccc2ccccc12)c1ccc(F)cc1. The minimum atomic E-state index is -0.455. The van der Waals surface area contributed by atoms with E-state index >= 15 is 0 Å². The van der Waals surface area contributed by atoms with Crippen LogP contribution in [-0.4, -0.2) is 15.5 Å². The number of fused-ring (bicyclic) bond motifs is 1. The van der Waals surface area contributed by atoms with Crippen molar-refractivity contribution in [3.8, 4) is 0 Å². The molecule has 3 aromatic carbocycles. The lowest BCUT2D eigenvalue weighted by Crippen LogP contribution is -2.32. The molecule has 4 aromatic rings. The molecule has 0 aliphatic heterocycles. The van der Waals surface area contributed by atoms with E-state index in [4.69, 9.17) is 0 Å². The normalized spacial score (nSPS) is 12.1. The van der Waals surface area contributed by atoms with Crippen molar-refractivity contribution in [3.05, 3.63) is 102 Å². The number of imidazole rings is 1. The van der Waals surface area contributed by atoms with E-state index in [9.17, 15) is 9.18 Å². The Morgan fingerprint density at radius 1 is 1.07 bits per heavy atom. The Morgan fingerprint density at radius 3 is 2.57 bits per heavy atom. The summed E-state index contributed by atoms with van der Waals surface area (Å²) in [7, 11) is 1.87. The predicted octanol–water partition coefficient (Wildman–Crippen LogP) is 4.16. The van der Waals surface area contributed by atoms with E-state index in [1.807, 2.05) is 60.3 Å². The van der Waals surface area contributed by atoms with E-state index in [1.165, 1.54) is 12.1 Å². The molecule has 0 fully saturated rings. The molecule has 140 valence electrons. The van der Waals surface area contributed by atoms with E-state index in [-0.39, 0.29) is 18.1 Å². The molecule has 4 rings (SSSR count). The van der Waals surface area contributed by atoms with Gasteiger partial charge in [-0.05, 0) is 34.0 Å². The van der Waals surface area contributed by atoms with Crippen LogP contribution >= 0.6 is 0 Å². The van der Waals surface area contributed by atoms with Gasteiger partial charge in [-0.2, -0.15) is 0 Å². The highest BCUT2D eigenvalue weighted by atomic mass is 19.1. The number of amides is 1. The van der Waals surface area contributed by atoms with Crippen LogP contribution in [0.15, 0.2) is 79.1 Å². The third-order valence-corrected chi connectivity index (χ3v) is 4.86. The molecule has 0 radical (unpaired) electrons. The molecule has 1 heterocycles. The average Bonchev–Trinajstić information content (AvgIpc) is 3.13. The summed E-state index contributed by atoms with van der Waals surface area (Å²) in [6.07, 6.45) is 3.76. The van der Waals surface area contributed by atoms with Gasteiger partial charge >= 0.3 is 0 Å². The summed E-state index contributed by atoms with van der Waals surface area (Å²) in [5.41, 5.74) is 1.75. The lowest BCUT2D eigenvalue weighted by molar-refractivity contribution is -0.121. The van der Waals surface area contributed by atoms with Gasteiger partial charge < -0.3 is 9.88 Å². The molecule has 0 aliphatic rings. The van der Waals surface area contributed by atoms with Crippen molar-refractivity contribution in [2.75, 3.05) is 0 Å². The van der Waals surface area contributed by atoms with Gasteiger partial charge in [0.2, 0.25) is 5.91 Å². The van der Waals surface area contributed by atoms with E-state index < -0.39 is 6.04 Å². The van der Waals surface area contributed by atoms with Gasteiger partial charge in [0.05, 0.1) is 6.42 Å². The molecule has 0 aliphatic carbocycles. The molecule has 1 unspecified atom stereocenters. The van der Waals surface area contributed by atoms with Gasteiger partial charge in [0.25, 0.3) is 0 Å². The number of halogens is 1. The second-order valence-corrected chi connectivity index (χ2v) is 6.76. The summed E-state index contributed by atoms with van der Waals surface area (Å²) in [6, 6.07) is 19.6. The second-order valence-electron chi connectivity index (χ2n) is 6.76. The summed E-state index contributed by atoms with van der Waals surface area (Å²) in [6.45, 7) is 0. The van der Waals surface area contributed by atoms with Crippen LogP contribution < -0.4 is 5.32 Å². The summed E-state index contributed by atoms with van der Waals surface area (Å²) in [5, 5.41) is 5.23. The zero-order valence-electron chi connectivity index (χ0n) is 15.5. The molecule has 0 saturated heterocycles. The first-order valence-electron chi connectivity index (χ1n) is 9.10. The number of hydrogen-bond acceptors (Lipinski definition) is 2. The maximum Gasteiger partial charge on any atom is 0.225 e. The largest absolute Gasteiger partial charge is 0.342 e. The molecular weight excluding hydrogens is 353 g/mol. The van der Waals surface area contributed by atoms with Gasteiger partial charge in [-0.1, -0.05) is 54.6 Å². The molecule has 1 atom stereocenters. The third-order valence-electron chi connectivity index (χ3n) is 4.86. The van der Waals surface area contributed by atoms with Crippen molar-refractivity contribution >= 4 is 16.7 Å². The highest BCUT2D eigenvalue weighted by molar-refractivity contribution is 5.90. The molecule has 1 N–H and O–H groups in total. The summed E-state index contributed by atoms with van der Waals surface area (Å²) >= 11 is 0. The zero-order valence-corrected chi connectivity index (χ0v) is 15.5. The van der Waals surface area contributed by atoms with Crippen LogP contribution in [0.4, 0.5) is 4.39 Å². The number of carbonyl (C=O) groups is 1. The quantitative estimate of drug-likeness (QED) is 0.571. The van der Waals surface area contributed by atoms with Crippen molar-refractivity contribution in [2.45, 2.75) is 12.5 Å². The Balaban J connectivity index is 1.62. The average molecular weight is 373 g/mol. The van der Waals surface area contributed by atoms with Gasteiger partial charge in [-0.3, -0.25) is 4.79 Å². The van der Waals surface area contributed by atoms with Gasteiger partial charge in [0.15, 0.2) is 0 Å². The predicted molar refractivity (Wildman–Crippen MR) is 107 cm³/mol. The molecule has 5 heteroatoms. The van der Waals surface area contributed by atoms with Crippen LogP contribution in [0, 0.1) is 5.82 Å². The highest BCUT2D eigenvalue weighted by Crippen LogP contribution is 2.22. The van der Waals surface area contributed by atoms with Crippen LogP contribution in [0.25, 0.3) is 10.8 Å². The first-order chi connectivity index (χ1) is 13.6. The first kappa shape index (κ1) is 17.9. The van der Waals surface area contributed by atoms with Gasteiger partial charge in [0.1, 0.15) is 17.7 Å². The Hall–Kier alpha value is -3.47. The smallest absolute Gasteiger partial charge is 0.225 e. The van der Waals surface area contributed by atoms with Crippen LogP contribution in [0.5, 0.6) is 0 Å². The Labute approximate surface area is 162 Å². The Kier molecular flexibility index (Phi) is 4.89. The minimum Gasteiger partial charge on any atom is -0.342 e. The maximum absolute atomic E-state index is 13.4. The van der Waals surface area contributed by atoms with Crippen LogP contribution in [0.3, 0.4) is 0 Å². The molecule has 0 spiro atoms. The van der Waals surface area contributed by atoms with Crippen LogP contribution in [0.2, 0.25) is 0 Å². The molecule has 0 saturated carbocycles. The maximum atomic E-state index is 13.4. The highest BCUT2D eigenvalue weighted by Gasteiger charge is 2.21. The van der Waals surface area contributed by atoms with Crippen molar-refractivity contribution < 1.29 is 9.18 Å².